The smallest absolute Gasteiger partial charge is 0.406 e. The lowest BCUT2D eigenvalue weighted by atomic mass is 10.1. The Bertz CT molecular complexity index is 1490. The van der Waals surface area contributed by atoms with Crippen LogP contribution in [0.15, 0.2) is 79.3 Å². The third-order valence-corrected chi connectivity index (χ3v) is 7.81. The van der Waals surface area contributed by atoms with E-state index in [2.05, 4.69) is 51.0 Å². The second-order valence-corrected chi connectivity index (χ2v) is 10.7. The standard InChI is InChI=1S/C30H29F3N4O2/c1-35-18-28(34-19-35)29(38)37(14-20-5-4-8-24(12-20)39-30(31,32)33)17-27-25-15-36(16-26(25)27)13-21-9-10-22-6-2-3-7-23(22)11-21/h2-12,18-19,25-27H,13-17H2,1H3. The number of imidazole rings is 1. The maximum absolute atomic E-state index is 13.4. The van der Waals surface area contributed by atoms with Crippen LogP contribution >= 0.6 is 0 Å². The third kappa shape index (κ3) is 5.78. The quantitative estimate of drug-likeness (QED) is 0.300. The summed E-state index contributed by atoms with van der Waals surface area (Å²) in [6.07, 6.45) is -1.54. The summed E-state index contributed by atoms with van der Waals surface area (Å²) < 4.78 is 44.0. The lowest BCUT2D eigenvalue weighted by Gasteiger charge is -2.25. The number of aryl methyl sites for hydroxylation is 1. The molecule has 1 aromatic heterocycles. The Kier molecular flexibility index (Phi) is 6.54. The second-order valence-electron chi connectivity index (χ2n) is 10.7. The van der Waals surface area contributed by atoms with Crippen LogP contribution in [0.25, 0.3) is 10.8 Å². The zero-order valence-electron chi connectivity index (χ0n) is 21.5. The van der Waals surface area contributed by atoms with Gasteiger partial charge in [0, 0.05) is 46.0 Å². The highest BCUT2D eigenvalue weighted by Crippen LogP contribution is 2.52. The Morgan fingerprint density at radius 2 is 1.77 bits per heavy atom. The van der Waals surface area contributed by atoms with E-state index in [9.17, 15) is 18.0 Å². The molecule has 0 radical (unpaired) electrons. The van der Waals surface area contributed by atoms with Gasteiger partial charge >= 0.3 is 6.36 Å². The first-order valence-corrected chi connectivity index (χ1v) is 13.0. The van der Waals surface area contributed by atoms with Gasteiger partial charge in [-0.25, -0.2) is 4.98 Å². The number of hydrogen-bond donors (Lipinski definition) is 0. The number of carbonyl (C=O) groups excluding carboxylic acids is 1. The first-order chi connectivity index (χ1) is 18.7. The lowest BCUT2D eigenvalue weighted by molar-refractivity contribution is -0.274. The topological polar surface area (TPSA) is 50.6 Å². The molecule has 1 saturated heterocycles. The van der Waals surface area contributed by atoms with Crippen LogP contribution < -0.4 is 4.74 Å². The molecule has 6 nitrogen and oxygen atoms in total. The molecular formula is C30H29F3N4O2. The highest BCUT2D eigenvalue weighted by atomic mass is 19.4. The molecule has 4 aromatic rings. The molecule has 1 aliphatic carbocycles. The van der Waals surface area contributed by atoms with Crippen LogP contribution in [0.1, 0.15) is 21.6 Å². The number of carbonyl (C=O) groups is 1. The molecule has 0 bridgehead atoms. The Morgan fingerprint density at radius 1 is 1.00 bits per heavy atom. The van der Waals surface area contributed by atoms with Crippen molar-refractivity contribution >= 4 is 16.7 Å². The van der Waals surface area contributed by atoms with E-state index in [1.165, 1.54) is 34.5 Å². The van der Waals surface area contributed by atoms with Crippen LogP contribution in [0.2, 0.25) is 0 Å². The summed E-state index contributed by atoms with van der Waals surface area (Å²) in [5, 5.41) is 2.48. The van der Waals surface area contributed by atoms with Gasteiger partial charge in [0.1, 0.15) is 11.4 Å². The van der Waals surface area contributed by atoms with Gasteiger partial charge in [-0.3, -0.25) is 9.69 Å². The average Bonchev–Trinajstić information content (AvgIpc) is 3.21. The van der Waals surface area contributed by atoms with Crippen LogP contribution in [-0.2, 0) is 20.1 Å². The van der Waals surface area contributed by atoms with Crippen LogP contribution in [0.3, 0.4) is 0 Å². The highest BCUT2D eigenvalue weighted by Gasteiger charge is 2.55. The van der Waals surface area contributed by atoms with E-state index in [1.807, 2.05) is 6.07 Å². The van der Waals surface area contributed by atoms with Crippen molar-refractivity contribution in [2.45, 2.75) is 19.5 Å². The van der Waals surface area contributed by atoms with Gasteiger partial charge in [-0.15, -0.1) is 13.2 Å². The number of rotatable bonds is 8. The largest absolute Gasteiger partial charge is 0.573 e. The minimum absolute atomic E-state index is 0.182. The van der Waals surface area contributed by atoms with Gasteiger partial charge < -0.3 is 14.2 Å². The molecule has 0 spiro atoms. The van der Waals surface area contributed by atoms with Crippen LogP contribution in [0.4, 0.5) is 13.2 Å². The molecule has 2 fully saturated rings. The fourth-order valence-corrected chi connectivity index (χ4v) is 5.95. The van der Waals surface area contributed by atoms with E-state index >= 15 is 0 Å². The summed E-state index contributed by atoms with van der Waals surface area (Å²) in [5.41, 5.74) is 2.19. The first-order valence-electron chi connectivity index (χ1n) is 13.0. The summed E-state index contributed by atoms with van der Waals surface area (Å²) in [6, 6.07) is 20.8. The monoisotopic (exact) mass is 534 g/mol. The van der Waals surface area contributed by atoms with Crippen molar-refractivity contribution in [1.82, 2.24) is 19.4 Å². The van der Waals surface area contributed by atoms with Crippen molar-refractivity contribution < 1.29 is 22.7 Å². The normalized spacial score (nSPS) is 20.7. The molecule has 3 aromatic carbocycles. The molecule has 202 valence electrons. The molecule has 6 rings (SSSR count). The highest BCUT2D eigenvalue weighted by molar-refractivity contribution is 5.92. The van der Waals surface area contributed by atoms with Gasteiger partial charge in [0.05, 0.1) is 6.33 Å². The molecule has 2 aliphatic rings. The van der Waals surface area contributed by atoms with Crippen LogP contribution in [-0.4, -0.2) is 51.3 Å². The number of fused-ring (bicyclic) bond motifs is 2. The number of amides is 1. The van der Waals surface area contributed by atoms with Crippen molar-refractivity contribution in [3.8, 4) is 5.75 Å². The van der Waals surface area contributed by atoms with Crippen molar-refractivity contribution in [3.05, 3.63) is 96.1 Å². The zero-order valence-corrected chi connectivity index (χ0v) is 21.5. The second kappa shape index (κ2) is 10.0. The Morgan fingerprint density at radius 3 is 2.49 bits per heavy atom. The van der Waals surface area contributed by atoms with Gasteiger partial charge in [-0.1, -0.05) is 48.5 Å². The number of ether oxygens (including phenoxy) is 1. The minimum Gasteiger partial charge on any atom is -0.406 e. The summed E-state index contributed by atoms with van der Waals surface area (Å²) in [5.74, 6) is 0.850. The molecule has 2 atom stereocenters. The number of piperidine rings is 1. The zero-order chi connectivity index (χ0) is 27.1. The minimum atomic E-state index is -4.77. The molecule has 1 amide bonds. The Labute approximate surface area is 224 Å². The summed E-state index contributed by atoms with van der Waals surface area (Å²) in [7, 11) is 1.79. The van der Waals surface area contributed by atoms with Gasteiger partial charge in [0.15, 0.2) is 0 Å². The fourth-order valence-electron chi connectivity index (χ4n) is 5.95. The lowest BCUT2D eigenvalue weighted by Crippen LogP contribution is -2.35. The summed E-state index contributed by atoms with van der Waals surface area (Å²) in [4.78, 5) is 21.8. The molecular weight excluding hydrogens is 505 g/mol. The third-order valence-electron chi connectivity index (χ3n) is 7.81. The molecule has 9 heteroatoms. The van der Waals surface area contributed by atoms with E-state index in [4.69, 9.17) is 0 Å². The number of likely N-dealkylation sites (tertiary alicyclic amines) is 1. The predicted molar refractivity (Wildman–Crippen MR) is 141 cm³/mol. The summed E-state index contributed by atoms with van der Waals surface area (Å²) in [6.45, 7) is 3.57. The molecule has 0 N–H and O–H groups in total. The van der Waals surface area contributed by atoms with Crippen molar-refractivity contribution in [1.29, 1.82) is 0 Å². The first kappa shape index (κ1) is 25.4. The number of aromatic nitrogens is 2. The number of benzene rings is 3. The van der Waals surface area contributed by atoms with E-state index < -0.39 is 6.36 Å². The molecule has 1 aliphatic heterocycles. The van der Waals surface area contributed by atoms with E-state index in [0.29, 0.717) is 35.6 Å². The van der Waals surface area contributed by atoms with Gasteiger partial charge in [-0.2, -0.15) is 0 Å². The number of nitrogens with zero attached hydrogens (tertiary/aromatic N) is 4. The number of hydrogen-bond acceptors (Lipinski definition) is 4. The SMILES string of the molecule is Cn1cnc(C(=O)N(Cc2cccc(OC(F)(F)F)c2)CC2C3CN(Cc4ccc5ccccc5c4)CC32)c1. The maximum Gasteiger partial charge on any atom is 0.573 e. The van der Waals surface area contributed by atoms with Crippen molar-refractivity contribution in [3.63, 3.8) is 0 Å². The predicted octanol–water partition coefficient (Wildman–Crippen LogP) is 5.49. The summed E-state index contributed by atoms with van der Waals surface area (Å²) >= 11 is 0. The van der Waals surface area contributed by atoms with E-state index in [1.54, 1.807) is 35.1 Å². The van der Waals surface area contributed by atoms with E-state index in [0.717, 1.165) is 19.6 Å². The van der Waals surface area contributed by atoms with Gasteiger partial charge in [0.2, 0.25) is 0 Å². The molecule has 1 saturated carbocycles. The van der Waals surface area contributed by atoms with Crippen LogP contribution in [0.5, 0.6) is 5.75 Å². The van der Waals surface area contributed by atoms with Gasteiger partial charge in [-0.05, 0) is 57.9 Å². The molecule has 39 heavy (non-hydrogen) atoms. The van der Waals surface area contributed by atoms with Crippen molar-refractivity contribution in [2.24, 2.45) is 24.8 Å². The maximum atomic E-state index is 13.4. The van der Waals surface area contributed by atoms with E-state index in [-0.39, 0.29) is 18.2 Å². The van der Waals surface area contributed by atoms with Crippen molar-refractivity contribution in [2.75, 3.05) is 19.6 Å². The Balaban J connectivity index is 1.12. The fraction of sp³-hybridized carbons (Fsp3) is 0.333. The van der Waals surface area contributed by atoms with Gasteiger partial charge in [0.25, 0.3) is 5.91 Å². The number of alkyl halides is 3. The average molecular weight is 535 g/mol. The molecule has 2 heterocycles. The Hall–Kier alpha value is -3.85. The molecule has 2 unspecified atom stereocenters. The number of halogens is 3. The van der Waals surface area contributed by atoms with Crippen LogP contribution in [0, 0.1) is 17.8 Å².